The SMILES string of the molecule is Cc1cc(C(=O)NCCCn2cc(-c3cccc(Nc4ncnc5ccccc45)c3)nn2)ccc1C1=C2C=C/C(=[N+](/C)CCCS(=O)(=O)[O-])C=C2[Si](C)(C)c2cc(N(C)C)ccc21. The fourth-order valence-corrected chi connectivity index (χ4v) is 12.0. The van der Waals surface area contributed by atoms with E-state index in [1.165, 1.54) is 15.9 Å². The number of hydrogen-bond acceptors (Lipinski definition) is 10. The number of fused-ring (bicyclic) bond motifs is 3. The molecule has 0 spiro atoms. The van der Waals surface area contributed by atoms with Crippen molar-refractivity contribution in [3.63, 3.8) is 0 Å². The van der Waals surface area contributed by atoms with Gasteiger partial charge in [-0.3, -0.25) is 9.48 Å². The zero-order valence-electron chi connectivity index (χ0n) is 36.4. The van der Waals surface area contributed by atoms with E-state index in [1.807, 2.05) is 78.5 Å². The zero-order chi connectivity index (χ0) is 44.5. The molecule has 8 rings (SSSR count). The summed E-state index contributed by atoms with van der Waals surface area (Å²) in [6, 6.07) is 28.5. The van der Waals surface area contributed by atoms with Crippen LogP contribution in [0.25, 0.3) is 27.7 Å². The molecule has 0 unspecified atom stereocenters. The van der Waals surface area contributed by atoms with E-state index in [9.17, 15) is 17.8 Å². The fraction of sp³-hybridized carbons (Fsp3) is 0.250. The molecule has 0 fully saturated rings. The quantitative estimate of drug-likeness (QED) is 0.0528. The summed E-state index contributed by atoms with van der Waals surface area (Å²) in [5.74, 6) is 0.201. The Morgan fingerprint density at radius 3 is 2.54 bits per heavy atom. The van der Waals surface area contributed by atoms with Gasteiger partial charge in [-0.05, 0) is 106 Å². The van der Waals surface area contributed by atoms with Crippen molar-refractivity contribution >= 4 is 68.7 Å². The second kappa shape index (κ2) is 17.7. The van der Waals surface area contributed by atoms with Crippen molar-refractivity contribution in [1.29, 1.82) is 0 Å². The Balaban J connectivity index is 0.957. The van der Waals surface area contributed by atoms with Crippen LogP contribution in [-0.4, -0.2) is 102 Å². The minimum Gasteiger partial charge on any atom is -0.748 e. The summed E-state index contributed by atoms with van der Waals surface area (Å²) < 4.78 is 37.7. The van der Waals surface area contributed by atoms with E-state index >= 15 is 0 Å². The van der Waals surface area contributed by atoms with Gasteiger partial charge in [0.2, 0.25) is 0 Å². The van der Waals surface area contributed by atoms with Crippen LogP contribution in [0.1, 0.15) is 39.9 Å². The van der Waals surface area contributed by atoms with Crippen LogP contribution in [0.15, 0.2) is 126 Å². The smallest absolute Gasteiger partial charge is 0.251 e. The van der Waals surface area contributed by atoms with Crippen LogP contribution in [0.2, 0.25) is 13.1 Å². The minimum atomic E-state index is -4.28. The van der Waals surface area contributed by atoms with Crippen LogP contribution in [0.3, 0.4) is 0 Å². The van der Waals surface area contributed by atoms with Crippen LogP contribution >= 0.6 is 0 Å². The lowest BCUT2D eigenvalue weighted by molar-refractivity contribution is -0.495. The van der Waals surface area contributed by atoms with Crippen LogP contribution in [-0.2, 0) is 16.7 Å². The summed E-state index contributed by atoms with van der Waals surface area (Å²) in [7, 11) is -0.495. The van der Waals surface area contributed by atoms with E-state index < -0.39 is 23.9 Å². The Kier molecular flexibility index (Phi) is 12.1. The van der Waals surface area contributed by atoms with Gasteiger partial charge in [-0.2, -0.15) is 0 Å². The fourth-order valence-electron chi connectivity index (χ4n) is 8.41. The van der Waals surface area contributed by atoms with Crippen molar-refractivity contribution in [2.24, 2.45) is 0 Å². The average Bonchev–Trinajstić information content (AvgIpc) is 3.74. The Morgan fingerprint density at radius 2 is 1.75 bits per heavy atom. The second-order valence-corrected chi connectivity index (χ2v) is 22.7. The Hall–Kier alpha value is -6.55. The van der Waals surface area contributed by atoms with Gasteiger partial charge in [0.05, 0.1) is 21.8 Å². The number of aromatic nitrogens is 5. The van der Waals surface area contributed by atoms with E-state index in [4.69, 9.17) is 0 Å². The van der Waals surface area contributed by atoms with Crippen molar-refractivity contribution in [3.05, 3.63) is 149 Å². The lowest BCUT2D eigenvalue weighted by Gasteiger charge is -2.38. The number of hydrogen-bond donors (Lipinski definition) is 2. The van der Waals surface area contributed by atoms with Gasteiger partial charge in [-0.25, -0.2) is 23.0 Å². The molecule has 13 nitrogen and oxygen atoms in total. The number of allylic oxidation sites excluding steroid dienone is 5. The van der Waals surface area contributed by atoms with Gasteiger partial charge in [0.15, 0.2) is 5.71 Å². The van der Waals surface area contributed by atoms with E-state index in [2.05, 4.69) is 112 Å². The Bertz CT molecular complexity index is 3000. The Morgan fingerprint density at radius 1 is 0.937 bits per heavy atom. The summed E-state index contributed by atoms with van der Waals surface area (Å²) in [6.45, 7) is 8.30. The highest BCUT2D eigenvalue weighted by atomic mass is 32.2. The maximum Gasteiger partial charge on any atom is 0.251 e. The van der Waals surface area contributed by atoms with Crippen molar-refractivity contribution in [1.82, 2.24) is 30.3 Å². The zero-order valence-corrected chi connectivity index (χ0v) is 38.2. The standard InChI is InChI=1S/C48H51N9O4SSi/c1-32-26-34(48(58)49-22-10-24-57-30-43(53-54-57)33-12-9-13-35(27-33)52-47-39-14-7-8-15-42(39)50-31-51-47)16-19-38(32)46-40-20-17-36(55(2)3)28-44(40)63(5,6)45-29-37(18-21-41(45)46)56(4)23-11-25-62(59,60)61/h7-9,12-21,26-31H,10-11,22-25H2,1-6H3,(H2-,49,50,51,52,58,59,60,61). The number of anilines is 3. The number of nitrogens with zero attached hydrogens (tertiary/aromatic N) is 7. The lowest BCUT2D eigenvalue weighted by atomic mass is 9.87. The molecule has 3 heterocycles. The second-order valence-electron chi connectivity index (χ2n) is 16.8. The first-order valence-electron chi connectivity index (χ1n) is 21.0. The molecular weight excluding hydrogens is 827 g/mol. The van der Waals surface area contributed by atoms with Crippen LogP contribution < -0.4 is 20.7 Å². The maximum atomic E-state index is 13.5. The van der Waals surface area contributed by atoms with Gasteiger partial charge in [0, 0.05) is 79.4 Å². The van der Waals surface area contributed by atoms with Crippen molar-refractivity contribution in [2.45, 2.75) is 39.4 Å². The van der Waals surface area contributed by atoms with Crippen LogP contribution in [0.5, 0.6) is 0 Å². The third-order valence-electron chi connectivity index (χ3n) is 11.8. The molecule has 0 saturated heterocycles. The molecular formula is C48H51N9O4SSi. The predicted octanol–water partition coefficient (Wildman–Crippen LogP) is 6.61. The number of nitrogens with one attached hydrogen (secondary N) is 2. The number of carbonyl (C=O) groups is 1. The monoisotopic (exact) mass is 877 g/mol. The van der Waals surface area contributed by atoms with Crippen molar-refractivity contribution in [2.75, 3.05) is 50.2 Å². The first-order valence-corrected chi connectivity index (χ1v) is 25.6. The predicted molar refractivity (Wildman–Crippen MR) is 253 cm³/mol. The molecule has 15 heteroatoms. The molecule has 6 aromatic rings. The molecule has 2 aromatic heterocycles. The molecule has 2 N–H and O–H groups in total. The molecule has 0 radical (unpaired) electrons. The highest BCUT2D eigenvalue weighted by Gasteiger charge is 2.40. The summed E-state index contributed by atoms with van der Waals surface area (Å²) in [6.07, 6.45) is 10.9. The van der Waals surface area contributed by atoms with Crippen molar-refractivity contribution < 1.29 is 22.3 Å². The summed E-state index contributed by atoms with van der Waals surface area (Å²) in [4.78, 5) is 24.4. The van der Waals surface area contributed by atoms with Crippen LogP contribution in [0.4, 0.5) is 17.2 Å². The molecule has 322 valence electrons. The normalized spacial score (nSPS) is 15.1. The summed E-state index contributed by atoms with van der Waals surface area (Å²) >= 11 is 0. The minimum absolute atomic E-state index is 0.138. The van der Waals surface area contributed by atoms with Gasteiger partial charge in [-0.15, -0.1) is 5.10 Å². The number of benzene rings is 4. The van der Waals surface area contributed by atoms with Gasteiger partial charge >= 0.3 is 0 Å². The molecule has 1 aliphatic heterocycles. The summed E-state index contributed by atoms with van der Waals surface area (Å²) in [5.41, 5.74) is 11.6. The Labute approximate surface area is 369 Å². The van der Waals surface area contributed by atoms with Gasteiger partial charge in [0.25, 0.3) is 5.91 Å². The van der Waals surface area contributed by atoms with E-state index in [0.717, 1.165) is 67.3 Å². The molecule has 1 amide bonds. The summed E-state index contributed by atoms with van der Waals surface area (Å²) in [5, 5.41) is 18.8. The molecule has 0 atom stereocenters. The molecule has 4 aromatic carbocycles. The van der Waals surface area contributed by atoms with Gasteiger partial charge in [-0.1, -0.05) is 54.7 Å². The van der Waals surface area contributed by atoms with E-state index in [-0.39, 0.29) is 12.3 Å². The largest absolute Gasteiger partial charge is 0.748 e. The number of rotatable bonds is 14. The molecule has 1 aliphatic carbocycles. The lowest BCUT2D eigenvalue weighted by Crippen LogP contribution is -2.49. The third-order valence-corrected chi connectivity index (χ3v) is 16.2. The first kappa shape index (κ1) is 43.1. The average molecular weight is 878 g/mol. The number of aryl methyl sites for hydroxylation is 2. The molecule has 63 heavy (non-hydrogen) atoms. The van der Waals surface area contributed by atoms with Crippen molar-refractivity contribution in [3.8, 4) is 11.3 Å². The molecule has 0 bridgehead atoms. The number of carbonyl (C=O) groups excluding carboxylic acids is 1. The van der Waals surface area contributed by atoms with E-state index in [0.29, 0.717) is 31.6 Å². The molecule has 0 saturated carbocycles. The maximum absolute atomic E-state index is 13.5. The highest BCUT2D eigenvalue weighted by molar-refractivity contribution is 7.85. The number of amides is 1. The first-order chi connectivity index (χ1) is 30.2. The topological polar surface area (TPSA) is 161 Å². The third kappa shape index (κ3) is 9.31. The molecule has 2 aliphatic rings. The van der Waals surface area contributed by atoms with Gasteiger partial charge in [0.1, 0.15) is 39.5 Å². The van der Waals surface area contributed by atoms with Gasteiger partial charge < -0.3 is 20.1 Å². The number of para-hydroxylation sites is 1. The van der Waals surface area contributed by atoms with E-state index in [1.54, 1.807) is 11.0 Å². The van der Waals surface area contributed by atoms with Crippen LogP contribution in [0, 0.1) is 6.92 Å². The highest BCUT2D eigenvalue weighted by Crippen LogP contribution is 2.43.